The summed E-state index contributed by atoms with van der Waals surface area (Å²) in [6.07, 6.45) is 12.6. The molecular weight excluding hydrogens is 609 g/mol. The SMILES string of the molecule is CCN1/C(=C/C=C2C=C(/C=C/C3=[N+](CC)c4ccccc4C3(C)C)CC(C(=O)Nc3ccc(N=C=S)cc3)C/2)C(C)(C)c2ccccc21. The zero-order valence-corrected chi connectivity index (χ0v) is 29.7. The molecule has 0 saturated heterocycles. The first kappa shape index (κ1) is 33.3. The molecule has 6 heteroatoms. The van der Waals surface area contributed by atoms with Crippen LogP contribution in [0.25, 0.3) is 0 Å². The summed E-state index contributed by atoms with van der Waals surface area (Å²) in [5, 5.41) is 5.55. The van der Waals surface area contributed by atoms with Crippen molar-refractivity contribution in [2.75, 3.05) is 23.3 Å². The number of hydrogen-bond acceptors (Lipinski definition) is 4. The molecule has 1 aliphatic carbocycles. The Morgan fingerprint density at radius 2 is 1.65 bits per heavy atom. The molecule has 6 rings (SSSR count). The molecule has 2 heterocycles. The van der Waals surface area contributed by atoms with Crippen molar-refractivity contribution in [3.8, 4) is 0 Å². The first-order chi connectivity index (χ1) is 23.1. The number of carbonyl (C=O) groups excluding carboxylic acids is 1. The second kappa shape index (κ2) is 13.5. The van der Waals surface area contributed by atoms with Gasteiger partial charge in [-0.25, -0.2) is 0 Å². The van der Waals surface area contributed by atoms with Crippen LogP contribution in [0.3, 0.4) is 0 Å². The molecule has 0 spiro atoms. The van der Waals surface area contributed by atoms with Crippen LogP contribution in [0.2, 0.25) is 0 Å². The van der Waals surface area contributed by atoms with Crippen LogP contribution in [0, 0.1) is 5.92 Å². The van der Waals surface area contributed by atoms with Gasteiger partial charge in [0.1, 0.15) is 6.54 Å². The lowest BCUT2D eigenvalue weighted by Gasteiger charge is -2.26. The van der Waals surface area contributed by atoms with Crippen molar-refractivity contribution in [1.82, 2.24) is 0 Å². The topological polar surface area (TPSA) is 47.7 Å². The molecule has 1 N–H and O–H groups in total. The zero-order valence-electron chi connectivity index (χ0n) is 28.9. The number of anilines is 2. The molecule has 1 unspecified atom stereocenters. The van der Waals surface area contributed by atoms with Crippen LogP contribution < -0.4 is 10.2 Å². The van der Waals surface area contributed by atoms with Crippen LogP contribution in [-0.4, -0.2) is 34.4 Å². The molecule has 3 aliphatic rings. The van der Waals surface area contributed by atoms with Gasteiger partial charge >= 0.3 is 0 Å². The largest absolute Gasteiger partial charge is 0.344 e. The van der Waals surface area contributed by atoms with Crippen LogP contribution in [0.1, 0.15) is 65.5 Å². The summed E-state index contributed by atoms with van der Waals surface area (Å²) in [6.45, 7) is 15.4. The van der Waals surface area contributed by atoms with Crippen LogP contribution in [0.4, 0.5) is 22.7 Å². The third-order valence-electron chi connectivity index (χ3n) is 10.2. The Bertz CT molecular complexity index is 1950. The Morgan fingerprint density at radius 3 is 2.35 bits per heavy atom. The van der Waals surface area contributed by atoms with Gasteiger partial charge in [0, 0.05) is 52.7 Å². The average Bonchev–Trinajstić information content (AvgIpc) is 3.45. The molecule has 1 atom stereocenters. The van der Waals surface area contributed by atoms with E-state index in [9.17, 15) is 4.79 Å². The van der Waals surface area contributed by atoms with Gasteiger partial charge in [-0.05, 0) is 106 Å². The number of carbonyl (C=O) groups is 1. The van der Waals surface area contributed by atoms with E-state index in [0.717, 1.165) is 29.9 Å². The number of likely N-dealkylation sites (N-methyl/N-ethyl adjacent to an activating group) is 1. The number of nitrogens with one attached hydrogen (secondary N) is 1. The second-order valence-corrected chi connectivity index (χ2v) is 14.0. The summed E-state index contributed by atoms with van der Waals surface area (Å²) in [7, 11) is 0. The van der Waals surface area contributed by atoms with Crippen molar-refractivity contribution in [1.29, 1.82) is 0 Å². The minimum Gasteiger partial charge on any atom is -0.344 e. The number of benzene rings is 3. The lowest BCUT2D eigenvalue weighted by atomic mass is 9.80. The molecule has 244 valence electrons. The molecule has 0 saturated carbocycles. The quantitative estimate of drug-likeness (QED) is 0.150. The fraction of sp³-hybridized carbons (Fsp3) is 0.310. The van der Waals surface area contributed by atoms with Crippen LogP contribution >= 0.6 is 12.2 Å². The van der Waals surface area contributed by atoms with E-state index in [-0.39, 0.29) is 22.7 Å². The smallest absolute Gasteiger partial charge is 0.228 e. The molecular formula is C42H45N4OS+. The zero-order chi connectivity index (χ0) is 34.1. The van der Waals surface area contributed by atoms with E-state index in [0.29, 0.717) is 18.5 Å². The van der Waals surface area contributed by atoms with Gasteiger partial charge in [0.25, 0.3) is 0 Å². The summed E-state index contributed by atoms with van der Waals surface area (Å²) in [6, 6.07) is 24.8. The van der Waals surface area contributed by atoms with Crippen LogP contribution in [-0.2, 0) is 15.6 Å². The number of allylic oxidation sites excluding steroid dienone is 8. The van der Waals surface area contributed by atoms with Crippen molar-refractivity contribution in [2.45, 2.75) is 65.2 Å². The number of hydrogen-bond donors (Lipinski definition) is 1. The van der Waals surface area contributed by atoms with Gasteiger partial charge in [0.2, 0.25) is 11.6 Å². The standard InChI is InChI=1S/C42H44N4OS/c1-7-45-36-15-11-9-13-34(36)41(3,4)38(45)23-17-29-25-30(18-24-39-42(5,6)35-14-10-12-16-37(35)46(39)8-2)27-31(26-29)40(47)44-33-21-19-32(20-22-33)43-28-48/h9-25,31H,7-8,26-27H2,1-6H3/p+1. The molecule has 0 aromatic heterocycles. The first-order valence-electron chi connectivity index (χ1n) is 17.0. The van der Waals surface area contributed by atoms with E-state index in [1.807, 2.05) is 24.3 Å². The molecule has 48 heavy (non-hydrogen) atoms. The number of amides is 1. The van der Waals surface area contributed by atoms with Gasteiger partial charge in [-0.3, -0.25) is 4.79 Å². The predicted molar refractivity (Wildman–Crippen MR) is 203 cm³/mol. The van der Waals surface area contributed by atoms with Gasteiger partial charge in [0.05, 0.1) is 16.3 Å². The molecule has 3 aromatic carbocycles. The molecule has 0 fully saturated rings. The van der Waals surface area contributed by atoms with Crippen molar-refractivity contribution >= 4 is 51.7 Å². The third kappa shape index (κ3) is 6.19. The van der Waals surface area contributed by atoms with Gasteiger partial charge in [-0.1, -0.05) is 68.5 Å². The van der Waals surface area contributed by atoms with E-state index in [1.54, 1.807) is 0 Å². The van der Waals surface area contributed by atoms with E-state index < -0.39 is 0 Å². The monoisotopic (exact) mass is 653 g/mol. The Morgan fingerprint density at radius 1 is 0.938 bits per heavy atom. The van der Waals surface area contributed by atoms with Crippen LogP contribution in [0.15, 0.2) is 125 Å². The second-order valence-electron chi connectivity index (χ2n) is 13.8. The number of fused-ring (bicyclic) bond motifs is 2. The summed E-state index contributed by atoms with van der Waals surface area (Å²) < 4.78 is 2.41. The maximum absolute atomic E-state index is 13.8. The maximum Gasteiger partial charge on any atom is 0.228 e. The average molecular weight is 654 g/mol. The van der Waals surface area contributed by atoms with E-state index in [4.69, 9.17) is 12.2 Å². The number of aliphatic imine (C=N–C) groups is 1. The number of isothiocyanates is 1. The highest BCUT2D eigenvalue weighted by Crippen LogP contribution is 2.47. The maximum atomic E-state index is 13.8. The molecule has 0 bridgehead atoms. The van der Waals surface area contributed by atoms with E-state index in [2.05, 4.69) is 145 Å². The molecule has 3 aromatic rings. The van der Waals surface area contributed by atoms with Gasteiger partial charge in [-0.2, -0.15) is 9.57 Å². The number of thiocarbonyl (C=S) groups is 1. The summed E-state index contributed by atoms with van der Waals surface area (Å²) in [5.74, 6) is -0.200. The fourth-order valence-corrected chi connectivity index (χ4v) is 7.77. The van der Waals surface area contributed by atoms with E-state index in [1.165, 1.54) is 33.9 Å². The predicted octanol–water partition coefficient (Wildman–Crippen LogP) is 9.98. The third-order valence-corrected chi connectivity index (χ3v) is 10.2. The van der Waals surface area contributed by atoms with Gasteiger partial charge in [0.15, 0.2) is 5.71 Å². The molecule has 5 nitrogen and oxygen atoms in total. The Balaban J connectivity index is 1.35. The summed E-state index contributed by atoms with van der Waals surface area (Å²) >= 11 is 4.73. The molecule has 2 aliphatic heterocycles. The summed E-state index contributed by atoms with van der Waals surface area (Å²) in [4.78, 5) is 20.3. The van der Waals surface area contributed by atoms with Crippen molar-refractivity contribution in [3.63, 3.8) is 0 Å². The minimum absolute atomic E-state index is 0.0128. The Hall–Kier alpha value is -4.64. The van der Waals surface area contributed by atoms with Gasteiger partial charge in [-0.15, -0.1) is 0 Å². The van der Waals surface area contributed by atoms with E-state index >= 15 is 0 Å². The lowest BCUT2D eigenvalue weighted by Crippen LogP contribution is -2.28. The summed E-state index contributed by atoms with van der Waals surface area (Å²) in [5.41, 5.74) is 11.3. The van der Waals surface area contributed by atoms with Crippen molar-refractivity contribution in [3.05, 3.63) is 131 Å². The highest BCUT2D eigenvalue weighted by atomic mass is 32.1. The van der Waals surface area contributed by atoms with Crippen molar-refractivity contribution < 1.29 is 9.37 Å². The number of rotatable bonds is 8. The normalized spacial score (nSPS) is 20.9. The Kier molecular flexibility index (Phi) is 9.33. The van der Waals surface area contributed by atoms with Crippen molar-refractivity contribution in [2.24, 2.45) is 10.9 Å². The fourth-order valence-electron chi connectivity index (χ4n) is 7.67. The van der Waals surface area contributed by atoms with Crippen LogP contribution in [0.5, 0.6) is 0 Å². The lowest BCUT2D eigenvalue weighted by molar-refractivity contribution is -0.433. The number of nitrogens with zero attached hydrogens (tertiary/aromatic N) is 3. The molecule has 1 amide bonds. The number of para-hydroxylation sites is 2. The highest BCUT2D eigenvalue weighted by Gasteiger charge is 2.43. The first-order valence-corrected chi connectivity index (χ1v) is 17.4. The van der Waals surface area contributed by atoms with Gasteiger partial charge < -0.3 is 10.2 Å². The molecule has 0 radical (unpaired) electrons. The minimum atomic E-state index is -0.213. The Labute approximate surface area is 290 Å². The highest BCUT2D eigenvalue weighted by molar-refractivity contribution is 7.78.